The minimum Gasteiger partial charge on any atom is -0.462 e. The molecule has 0 spiro atoms. The molecule has 0 aromatic rings. The number of ether oxygens (including phenoxy) is 3. The van der Waals surface area contributed by atoms with Crippen molar-refractivity contribution in [3.05, 3.63) is 134 Å². The lowest BCUT2D eigenvalue weighted by Gasteiger charge is -2.18. The minimum absolute atomic E-state index is 0.112. The van der Waals surface area contributed by atoms with Gasteiger partial charge in [-0.1, -0.05) is 231 Å². The van der Waals surface area contributed by atoms with Gasteiger partial charge in [0, 0.05) is 19.3 Å². The summed E-state index contributed by atoms with van der Waals surface area (Å²) in [5.41, 5.74) is 0. The summed E-state index contributed by atoms with van der Waals surface area (Å²) in [5.74, 6) is -0.986. The summed E-state index contributed by atoms with van der Waals surface area (Å²) in [4.78, 5) is 38.1. The van der Waals surface area contributed by atoms with Crippen LogP contribution < -0.4 is 0 Å². The van der Waals surface area contributed by atoms with Gasteiger partial charge in [-0.05, 0) is 103 Å². The van der Waals surface area contributed by atoms with Crippen LogP contribution in [0.1, 0.15) is 220 Å². The molecule has 0 fully saturated rings. The molecule has 0 aromatic heterocycles. The molecule has 0 aliphatic rings. The van der Waals surface area contributed by atoms with Crippen LogP contribution in [0.25, 0.3) is 0 Å². The maximum Gasteiger partial charge on any atom is 0.306 e. The summed E-state index contributed by atoms with van der Waals surface area (Å²) in [6, 6.07) is 0. The molecule has 6 heteroatoms. The van der Waals surface area contributed by atoms with E-state index < -0.39 is 6.10 Å². The molecule has 0 aliphatic carbocycles. The number of hydrogen-bond donors (Lipinski definition) is 0. The lowest BCUT2D eigenvalue weighted by atomic mass is 10.1. The molecule has 68 heavy (non-hydrogen) atoms. The van der Waals surface area contributed by atoms with Crippen molar-refractivity contribution in [1.29, 1.82) is 0 Å². The van der Waals surface area contributed by atoms with Gasteiger partial charge in [0.15, 0.2) is 6.10 Å². The summed E-state index contributed by atoms with van der Waals surface area (Å²) in [5, 5.41) is 0. The number of rotatable bonds is 47. The second-order valence-corrected chi connectivity index (χ2v) is 17.6. The first-order valence-electron chi connectivity index (χ1n) is 27.3. The highest BCUT2D eigenvalue weighted by atomic mass is 16.6. The van der Waals surface area contributed by atoms with Crippen molar-refractivity contribution in [3.8, 4) is 0 Å². The van der Waals surface area contributed by atoms with Crippen LogP contribution in [0.3, 0.4) is 0 Å². The largest absolute Gasteiger partial charge is 0.462 e. The molecule has 0 saturated carbocycles. The van der Waals surface area contributed by atoms with Crippen LogP contribution >= 0.6 is 0 Å². The van der Waals surface area contributed by atoms with Gasteiger partial charge in [-0.2, -0.15) is 0 Å². The van der Waals surface area contributed by atoms with Gasteiger partial charge in [0.05, 0.1) is 0 Å². The fraction of sp³-hybridized carbons (Fsp3) is 0.597. The first-order valence-corrected chi connectivity index (χ1v) is 27.3. The van der Waals surface area contributed by atoms with E-state index in [4.69, 9.17) is 14.2 Å². The predicted molar refractivity (Wildman–Crippen MR) is 292 cm³/mol. The van der Waals surface area contributed by atoms with E-state index in [1.54, 1.807) is 0 Å². The molecule has 0 aliphatic heterocycles. The van der Waals surface area contributed by atoms with E-state index in [2.05, 4.69) is 154 Å². The molecular formula is C62H98O6. The van der Waals surface area contributed by atoms with Gasteiger partial charge in [-0.15, -0.1) is 0 Å². The molecule has 0 saturated heterocycles. The molecule has 0 bridgehead atoms. The van der Waals surface area contributed by atoms with Gasteiger partial charge < -0.3 is 14.2 Å². The van der Waals surface area contributed by atoms with Gasteiger partial charge in [0.1, 0.15) is 13.2 Å². The third kappa shape index (κ3) is 52.5. The molecular weight excluding hydrogens is 841 g/mol. The van der Waals surface area contributed by atoms with Crippen LogP contribution in [0, 0.1) is 0 Å². The zero-order valence-electron chi connectivity index (χ0n) is 43.6. The minimum atomic E-state index is -0.816. The molecule has 0 amide bonds. The third-order valence-electron chi connectivity index (χ3n) is 11.0. The highest BCUT2D eigenvalue weighted by Gasteiger charge is 2.19. The fourth-order valence-corrected chi connectivity index (χ4v) is 6.95. The number of carbonyl (C=O) groups is 3. The number of allylic oxidation sites excluding steroid dienone is 22. The third-order valence-corrected chi connectivity index (χ3v) is 11.0. The highest BCUT2D eigenvalue weighted by molar-refractivity contribution is 5.71. The van der Waals surface area contributed by atoms with Crippen LogP contribution in [0.4, 0.5) is 0 Å². The topological polar surface area (TPSA) is 78.9 Å². The van der Waals surface area contributed by atoms with E-state index >= 15 is 0 Å². The second-order valence-electron chi connectivity index (χ2n) is 17.6. The molecule has 0 N–H and O–H groups in total. The molecule has 382 valence electrons. The maximum atomic E-state index is 12.8. The maximum absolute atomic E-state index is 12.8. The molecule has 1 unspecified atom stereocenters. The van der Waals surface area contributed by atoms with Crippen molar-refractivity contribution in [3.63, 3.8) is 0 Å². The van der Waals surface area contributed by atoms with Gasteiger partial charge in [0.25, 0.3) is 0 Å². The average Bonchev–Trinajstić information content (AvgIpc) is 3.34. The Balaban J connectivity index is 4.55. The van der Waals surface area contributed by atoms with E-state index in [0.29, 0.717) is 12.8 Å². The smallest absolute Gasteiger partial charge is 0.306 e. The summed E-state index contributed by atoms with van der Waals surface area (Å²) >= 11 is 0. The molecule has 0 aromatic carbocycles. The van der Waals surface area contributed by atoms with Crippen molar-refractivity contribution in [2.75, 3.05) is 13.2 Å². The van der Waals surface area contributed by atoms with Gasteiger partial charge in [0.2, 0.25) is 0 Å². The summed E-state index contributed by atoms with van der Waals surface area (Å²) < 4.78 is 16.8. The van der Waals surface area contributed by atoms with Crippen molar-refractivity contribution in [2.24, 2.45) is 0 Å². The molecule has 6 nitrogen and oxygen atoms in total. The first-order chi connectivity index (χ1) is 33.5. The van der Waals surface area contributed by atoms with E-state index in [9.17, 15) is 14.4 Å². The Bertz CT molecular complexity index is 1500. The molecule has 0 radical (unpaired) electrons. The highest BCUT2D eigenvalue weighted by Crippen LogP contribution is 2.13. The zero-order valence-corrected chi connectivity index (χ0v) is 43.6. The molecule has 0 heterocycles. The van der Waals surface area contributed by atoms with Gasteiger partial charge >= 0.3 is 17.9 Å². The standard InChI is InChI=1S/C62H98O6/c1-4-7-10-13-16-19-22-25-28-30-32-34-37-40-43-46-49-52-55-61(64)67-58-59(57-66-60(63)54-51-48-45-42-39-36-27-24-21-18-15-12-9-6-3)68-62(65)56-53-50-47-44-41-38-35-33-31-29-26-23-20-17-14-11-8-5-2/h9,12,16-23,25-36,59H,4-8,10-11,13-15,24,37-58H2,1-3H3/b12-9-,19-16-,20-17-,21-18-,25-22-,26-23-,30-28-,31-29-,34-32-,35-33-,36-27-. The quantitative estimate of drug-likeness (QED) is 0.0199. The zero-order chi connectivity index (χ0) is 49.3. The van der Waals surface area contributed by atoms with Crippen molar-refractivity contribution in [1.82, 2.24) is 0 Å². The number of unbranched alkanes of at least 4 members (excludes halogenated alkanes) is 20. The monoisotopic (exact) mass is 939 g/mol. The van der Waals surface area contributed by atoms with Crippen molar-refractivity contribution < 1.29 is 28.6 Å². The van der Waals surface area contributed by atoms with Gasteiger partial charge in [-0.25, -0.2) is 0 Å². The SMILES string of the molecule is CC/C=C\C/C=C\C/C=C\CCCCCCC(=O)OCC(COC(=O)CCCCCCC\C=C/C=C\C=C/C=C\CCCCC)OC(=O)CCCCCCC\C=C/C=C\C=C/C=C\CCCCC. The number of hydrogen-bond acceptors (Lipinski definition) is 6. The van der Waals surface area contributed by atoms with Crippen LogP contribution in [0.5, 0.6) is 0 Å². The van der Waals surface area contributed by atoms with Crippen LogP contribution in [-0.2, 0) is 28.6 Å². The van der Waals surface area contributed by atoms with Crippen LogP contribution in [0.15, 0.2) is 134 Å². The Morgan fingerprint density at radius 3 is 1.03 bits per heavy atom. The number of carbonyl (C=O) groups excluding carboxylic acids is 3. The van der Waals surface area contributed by atoms with Gasteiger partial charge in [-0.3, -0.25) is 14.4 Å². The summed E-state index contributed by atoms with van der Waals surface area (Å²) in [7, 11) is 0. The van der Waals surface area contributed by atoms with E-state index in [1.807, 2.05) is 0 Å². The Kier molecular flexibility index (Phi) is 51.5. The average molecular weight is 939 g/mol. The normalized spacial score (nSPS) is 13.2. The lowest BCUT2D eigenvalue weighted by Crippen LogP contribution is -2.30. The van der Waals surface area contributed by atoms with Crippen LogP contribution in [-0.4, -0.2) is 37.2 Å². The van der Waals surface area contributed by atoms with Crippen LogP contribution in [0.2, 0.25) is 0 Å². The van der Waals surface area contributed by atoms with E-state index in [-0.39, 0.29) is 37.5 Å². The Morgan fingerprint density at radius 1 is 0.324 bits per heavy atom. The summed E-state index contributed by atoms with van der Waals surface area (Å²) in [6.45, 7) is 6.37. The Morgan fingerprint density at radius 2 is 0.632 bits per heavy atom. The molecule has 1 atom stereocenters. The number of esters is 3. The fourth-order valence-electron chi connectivity index (χ4n) is 6.95. The van der Waals surface area contributed by atoms with Crippen molar-refractivity contribution >= 4 is 17.9 Å². The lowest BCUT2D eigenvalue weighted by molar-refractivity contribution is -0.167. The first kappa shape index (κ1) is 63.5. The van der Waals surface area contributed by atoms with E-state index in [0.717, 1.165) is 141 Å². The summed E-state index contributed by atoms with van der Waals surface area (Å²) in [6.07, 6.45) is 77.1. The molecule has 0 rings (SSSR count). The predicted octanol–water partition coefficient (Wildman–Crippen LogP) is 18.3. The Hall–Kier alpha value is -4.45. The second kappa shape index (κ2) is 55.1. The van der Waals surface area contributed by atoms with E-state index in [1.165, 1.54) is 38.5 Å². The Labute approximate surface area is 417 Å². The van der Waals surface area contributed by atoms with Crippen molar-refractivity contribution in [2.45, 2.75) is 226 Å².